The van der Waals surface area contributed by atoms with Gasteiger partial charge in [0.05, 0.1) is 7.11 Å². The number of hydrogen-bond donors (Lipinski definition) is 1. The first-order chi connectivity index (χ1) is 13.2. The Labute approximate surface area is 157 Å². The highest BCUT2D eigenvalue weighted by Crippen LogP contribution is 2.27. The van der Waals surface area contributed by atoms with E-state index in [1.165, 1.54) is 18.2 Å². The molecule has 3 rings (SSSR count). The SMILES string of the molecule is COc1coc(C(=O)NCCC(c2ccccc2)c2ccccc2)cc1=O. The first kappa shape index (κ1) is 18.5. The van der Waals surface area contributed by atoms with Gasteiger partial charge in [0.1, 0.15) is 6.26 Å². The lowest BCUT2D eigenvalue weighted by Crippen LogP contribution is -2.26. The lowest BCUT2D eigenvalue weighted by molar-refractivity contribution is 0.0922. The predicted molar refractivity (Wildman–Crippen MR) is 103 cm³/mol. The Balaban J connectivity index is 1.68. The summed E-state index contributed by atoms with van der Waals surface area (Å²) < 4.78 is 10.0. The molecule has 0 fully saturated rings. The third-order valence-electron chi connectivity index (χ3n) is 4.36. The third-order valence-corrected chi connectivity index (χ3v) is 4.36. The number of amides is 1. The van der Waals surface area contributed by atoms with Gasteiger partial charge in [-0.3, -0.25) is 9.59 Å². The third kappa shape index (κ3) is 4.64. The Kier molecular flexibility index (Phi) is 6.05. The standard InChI is InChI=1S/C22H21NO4/c1-26-21-15-27-20(14-19(21)24)22(25)23-13-12-18(16-8-4-2-5-9-16)17-10-6-3-7-11-17/h2-11,14-15,18H,12-13H2,1H3,(H,23,25). The van der Waals surface area contributed by atoms with Crippen LogP contribution in [0, 0.1) is 0 Å². The van der Waals surface area contributed by atoms with E-state index in [-0.39, 0.29) is 22.9 Å². The molecule has 1 amide bonds. The summed E-state index contributed by atoms with van der Waals surface area (Å²) in [6, 6.07) is 21.5. The van der Waals surface area contributed by atoms with Gasteiger partial charge in [0.25, 0.3) is 5.91 Å². The van der Waals surface area contributed by atoms with E-state index in [1.54, 1.807) is 0 Å². The average Bonchev–Trinajstić information content (AvgIpc) is 2.72. The Hall–Kier alpha value is -3.34. The second kappa shape index (κ2) is 8.85. The normalized spacial score (nSPS) is 10.6. The van der Waals surface area contributed by atoms with Crippen molar-refractivity contribution >= 4 is 5.91 Å². The van der Waals surface area contributed by atoms with E-state index in [1.807, 2.05) is 36.4 Å². The zero-order chi connectivity index (χ0) is 19.1. The molecule has 0 aliphatic carbocycles. The highest BCUT2D eigenvalue weighted by molar-refractivity contribution is 5.91. The number of rotatable bonds is 7. The zero-order valence-corrected chi connectivity index (χ0v) is 15.1. The van der Waals surface area contributed by atoms with Crippen LogP contribution >= 0.6 is 0 Å². The fourth-order valence-electron chi connectivity index (χ4n) is 2.98. The largest absolute Gasteiger partial charge is 0.490 e. The first-order valence-electron chi connectivity index (χ1n) is 8.74. The van der Waals surface area contributed by atoms with Crippen LogP contribution in [0.15, 0.2) is 82.2 Å². The van der Waals surface area contributed by atoms with Crippen molar-refractivity contribution in [1.29, 1.82) is 0 Å². The van der Waals surface area contributed by atoms with Crippen LogP contribution in [0.5, 0.6) is 5.75 Å². The average molecular weight is 363 g/mol. The quantitative estimate of drug-likeness (QED) is 0.696. The van der Waals surface area contributed by atoms with Gasteiger partial charge in [-0.2, -0.15) is 0 Å². The maximum atomic E-state index is 12.3. The smallest absolute Gasteiger partial charge is 0.287 e. The maximum absolute atomic E-state index is 12.3. The highest BCUT2D eigenvalue weighted by Gasteiger charge is 2.16. The van der Waals surface area contributed by atoms with Crippen LogP contribution in [-0.4, -0.2) is 19.6 Å². The molecule has 0 saturated heterocycles. The summed E-state index contributed by atoms with van der Waals surface area (Å²) in [5.41, 5.74) is 1.99. The second-order valence-corrected chi connectivity index (χ2v) is 6.10. The van der Waals surface area contributed by atoms with Gasteiger partial charge < -0.3 is 14.5 Å². The van der Waals surface area contributed by atoms with Crippen LogP contribution in [0.1, 0.15) is 34.0 Å². The van der Waals surface area contributed by atoms with E-state index >= 15 is 0 Å². The molecule has 0 unspecified atom stereocenters. The number of methoxy groups -OCH3 is 1. The van der Waals surface area contributed by atoms with Gasteiger partial charge in [-0.25, -0.2) is 0 Å². The van der Waals surface area contributed by atoms with E-state index in [9.17, 15) is 9.59 Å². The number of ether oxygens (including phenoxy) is 1. The molecule has 5 heteroatoms. The lowest BCUT2D eigenvalue weighted by Gasteiger charge is -2.18. The van der Waals surface area contributed by atoms with Gasteiger partial charge >= 0.3 is 0 Å². The molecule has 1 aromatic heterocycles. The van der Waals surface area contributed by atoms with Gasteiger partial charge in [0.15, 0.2) is 5.76 Å². The molecule has 0 radical (unpaired) electrons. The monoisotopic (exact) mass is 363 g/mol. The maximum Gasteiger partial charge on any atom is 0.287 e. The van der Waals surface area contributed by atoms with Crippen molar-refractivity contribution in [2.75, 3.05) is 13.7 Å². The molecule has 0 spiro atoms. The van der Waals surface area contributed by atoms with Crippen molar-refractivity contribution in [1.82, 2.24) is 5.32 Å². The molecule has 0 saturated carbocycles. The van der Waals surface area contributed by atoms with Crippen molar-refractivity contribution < 1.29 is 13.9 Å². The Morgan fingerprint density at radius 3 is 2.15 bits per heavy atom. The van der Waals surface area contributed by atoms with Crippen LogP contribution in [-0.2, 0) is 0 Å². The van der Waals surface area contributed by atoms with Gasteiger partial charge in [-0.05, 0) is 17.5 Å². The number of carbonyl (C=O) groups is 1. The van der Waals surface area contributed by atoms with Crippen LogP contribution in [0.4, 0.5) is 0 Å². The minimum Gasteiger partial charge on any atom is -0.490 e. The Morgan fingerprint density at radius 1 is 1.04 bits per heavy atom. The number of benzene rings is 2. The molecule has 0 bridgehead atoms. The summed E-state index contributed by atoms with van der Waals surface area (Å²) in [6.07, 6.45) is 1.87. The van der Waals surface area contributed by atoms with Crippen molar-refractivity contribution in [3.8, 4) is 5.75 Å². The summed E-state index contributed by atoms with van der Waals surface area (Å²) in [7, 11) is 1.37. The highest BCUT2D eigenvalue weighted by atomic mass is 16.5. The van der Waals surface area contributed by atoms with Gasteiger partial charge in [0.2, 0.25) is 11.2 Å². The molecule has 27 heavy (non-hydrogen) atoms. The Bertz CT molecular complexity index is 896. The van der Waals surface area contributed by atoms with Crippen LogP contribution in [0.3, 0.4) is 0 Å². The minimum atomic E-state index is -0.422. The zero-order valence-electron chi connectivity index (χ0n) is 15.1. The van der Waals surface area contributed by atoms with E-state index in [0.29, 0.717) is 6.54 Å². The number of nitrogens with one attached hydrogen (secondary N) is 1. The fourth-order valence-corrected chi connectivity index (χ4v) is 2.98. The van der Waals surface area contributed by atoms with Crippen LogP contribution < -0.4 is 15.5 Å². The molecule has 0 aliphatic heterocycles. The molecule has 0 atom stereocenters. The van der Waals surface area contributed by atoms with Crippen molar-refractivity contribution in [3.63, 3.8) is 0 Å². The van der Waals surface area contributed by atoms with E-state index < -0.39 is 5.91 Å². The van der Waals surface area contributed by atoms with Crippen LogP contribution in [0.2, 0.25) is 0 Å². The lowest BCUT2D eigenvalue weighted by atomic mass is 9.88. The second-order valence-electron chi connectivity index (χ2n) is 6.10. The number of carbonyl (C=O) groups excluding carboxylic acids is 1. The molecule has 1 N–H and O–H groups in total. The van der Waals surface area contributed by atoms with E-state index in [2.05, 4.69) is 29.6 Å². The first-order valence-corrected chi connectivity index (χ1v) is 8.74. The topological polar surface area (TPSA) is 68.5 Å². The Morgan fingerprint density at radius 2 is 1.63 bits per heavy atom. The summed E-state index contributed by atoms with van der Waals surface area (Å²) in [5.74, 6) is -0.221. The molecular weight excluding hydrogens is 342 g/mol. The van der Waals surface area contributed by atoms with Crippen molar-refractivity contribution in [3.05, 3.63) is 100 Å². The molecule has 0 aliphatic rings. The molecule has 5 nitrogen and oxygen atoms in total. The van der Waals surface area contributed by atoms with E-state index in [0.717, 1.165) is 18.8 Å². The van der Waals surface area contributed by atoms with Crippen molar-refractivity contribution in [2.24, 2.45) is 0 Å². The summed E-state index contributed by atoms with van der Waals surface area (Å²) in [4.78, 5) is 24.0. The van der Waals surface area contributed by atoms with Crippen molar-refractivity contribution in [2.45, 2.75) is 12.3 Å². The summed E-state index contributed by atoms with van der Waals surface area (Å²) >= 11 is 0. The molecule has 2 aromatic carbocycles. The minimum absolute atomic E-state index is 0.0308. The molecule has 138 valence electrons. The molecule has 1 heterocycles. The summed E-state index contributed by atoms with van der Waals surface area (Å²) in [6.45, 7) is 0.447. The summed E-state index contributed by atoms with van der Waals surface area (Å²) in [5, 5.41) is 2.82. The molecule has 3 aromatic rings. The van der Waals surface area contributed by atoms with E-state index in [4.69, 9.17) is 9.15 Å². The predicted octanol–water partition coefficient (Wildman–Crippen LogP) is 3.60. The van der Waals surface area contributed by atoms with Gasteiger partial charge in [0, 0.05) is 18.5 Å². The van der Waals surface area contributed by atoms with Gasteiger partial charge in [-0.1, -0.05) is 60.7 Å². The van der Waals surface area contributed by atoms with Gasteiger partial charge in [-0.15, -0.1) is 0 Å². The number of hydrogen-bond acceptors (Lipinski definition) is 4. The fraction of sp³-hybridized carbons (Fsp3) is 0.182. The van der Waals surface area contributed by atoms with Crippen LogP contribution in [0.25, 0.3) is 0 Å². The molecular formula is C22H21NO4.